The number of halogens is 1. The molecule has 2 N–H and O–H groups in total. The molecule has 2 heteroatoms. The van der Waals surface area contributed by atoms with Gasteiger partial charge in [0.15, 0.2) is 0 Å². The van der Waals surface area contributed by atoms with Gasteiger partial charge in [-0.15, -0.1) is 0 Å². The van der Waals surface area contributed by atoms with Gasteiger partial charge < -0.3 is 5.73 Å². The first-order chi connectivity index (χ1) is 4.27. The second-order valence-corrected chi connectivity index (χ2v) is 6.54. The SMILES string of the molecule is CCC(C)(I)CC(C)(C)N. The van der Waals surface area contributed by atoms with Crippen LogP contribution in [0.3, 0.4) is 0 Å². The third-order valence-electron chi connectivity index (χ3n) is 1.56. The van der Waals surface area contributed by atoms with E-state index in [4.69, 9.17) is 5.73 Å². The van der Waals surface area contributed by atoms with Crippen molar-refractivity contribution in [3.63, 3.8) is 0 Å². The van der Waals surface area contributed by atoms with Crippen LogP contribution < -0.4 is 5.73 Å². The molecule has 10 heavy (non-hydrogen) atoms. The highest BCUT2D eigenvalue weighted by Gasteiger charge is 2.25. The van der Waals surface area contributed by atoms with Gasteiger partial charge in [0.25, 0.3) is 0 Å². The van der Waals surface area contributed by atoms with Crippen molar-refractivity contribution in [1.29, 1.82) is 0 Å². The second kappa shape index (κ2) is 3.39. The average Bonchev–Trinajstić information content (AvgIpc) is 1.60. The van der Waals surface area contributed by atoms with Gasteiger partial charge in [-0.3, -0.25) is 0 Å². The van der Waals surface area contributed by atoms with Crippen molar-refractivity contribution in [1.82, 2.24) is 0 Å². The second-order valence-electron chi connectivity index (χ2n) is 3.93. The summed E-state index contributed by atoms with van der Waals surface area (Å²) < 4.78 is 0.371. The quantitative estimate of drug-likeness (QED) is 0.609. The van der Waals surface area contributed by atoms with Crippen LogP contribution in [0.25, 0.3) is 0 Å². The summed E-state index contributed by atoms with van der Waals surface area (Å²) in [5.41, 5.74) is 5.87. The third-order valence-corrected chi connectivity index (χ3v) is 2.71. The molecule has 0 heterocycles. The third kappa shape index (κ3) is 5.47. The molecule has 0 fully saturated rings. The Hall–Kier alpha value is 0.690. The molecule has 0 aromatic carbocycles. The highest BCUT2D eigenvalue weighted by molar-refractivity contribution is 14.1. The van der Waals surface area contributed by atoms with Crippen LogP contribution in [0, 0.1) is 0 Å². The highest BCUT2D eigenvalue weighted by Crippen LogP contribution is 2.30. The molecule has 0 amide bonds. The van der Waals surface area contributed by atoms with Crippen molar-refractivity contribution < 1.29 is 0 Å². The van der Waals surface area contributed by atoms with E-state index >= 15 is 0 Å². The highest BCUT2D eigenvalue weighted by atomic mass is 127. The first kappa shape index (κ1) is 10.7. The largest absolute Gasteiger partial charge is 0.326 e. The van der Waals surface area contributed by atoms with Gasteiger partial charge >= 0.3 is 0 Å². The van der Waals surface area contributed by atoms with E-state index in [2.05, 4.69) is 50.3 Å². The summed E-state index contributed by atoms with van der Waals surface area (Å²) >= 11 is 2.48. The maximum Gasteiger partial charge on any atom is 0.0208 e. The van der Waals surface area contributed by atoms with E-state index in [-0.39, 0.29) is 5.54 Å². The molecule has 62 valence electrons. The molecule has 0 radical (unpaired) electrons. The Morgan fingerprint density at radius 2 is 1.70 bits per heavy atom. The predicted octanol–water partition coefficient (Wildman–Crippen LogP) is 2.72. The van der Waals surface area contributed by atoms with Crippen molar-refractivity contribution in [3.8, 4) is 0 Å². The molecule has 0 rings (SSSR count). The molecule has 0 aromatic heterocycles. The van der Waals surface area contributed by atoms with E-state index < -0.39 is 0 Å². The lowest BCUT2D eigenvalue weighted by Crippen LogP contribution is -2.38. The Kier molecular flexibility index (Phi) is 3.62. The molecule has 0 spiro atoms. The zero-order chi connectivity index (χ0) is 8.41. The predicted molar refractivity (Wildman–Crippen MR) is 55.6 cm³/mol. The zero-order valence-corrected chi connectivity index (χ0v) is 9.53. The summed E-state index contributed by atoms with van der Waals surface area (Å²) in [4.78, 5) is 0. The van der Waals surface area contributed by atoms with Gasteiger partial charge in [-0.25, -0.2) is 0 Å². The van der Waals surface area contributed by atoms with Crippen LogP contribution in [0.2, 0.25) is 0 Å². The van der Waals surface area contributed by atoms with Crippen molar-refractivity contribution >= 4 is 22.6 Å². The Labute approximate surface area is 77.9 Å². The van der Waals surface area contributed by atoms with Crippen LogP contribution >= 0.6 is 22.6 Å². The molecule has 0 saturated carbocycles. The van der Waals surface area contributed by atoms with Crippen molar-refractivity contribution in [3.05, 3.63) is 0 Å². The van der Waals surface area contributed by atoms with Crippen LogP contribution in [-0.2, 0) is 0 Å². The molecule has 0 bridgehead atoms. The van der Waals surface area contributed by atoms with Crippen LogP contribution in [0.1, 0.15) is 40.5 Å². The minimum atomic E-state index is -0.0219. The molecule has 0 aromatic rings. The number of rotatable bonds is 3. The van der Waals surface area contributed by atoms with Gasteiger partial charge in [0.05, 0.1) is 0 Å². The Balaban J connectivity index is 3.89. The summed E-state index contributed by atoms with van der Waals surface area (Å²) in [6, 6.07) is 0. The summed E-state index contributed by atoms with van der Waals surface area (Å²) in [5.74, 6) is 0. The monoisotopic (exact) mass is 255 g/mol. The molecule has 1 nitrogen and oxygen atoms in total. The molecule has 1 atom stereocenters. The Morgan fingerprint density at radius 1 is 1.30 bits per heavy atom. The van der Waals surface area contributed by atoms with Crippen molar-refractivity contribution in [2.45, 2.75) is 49.5 Å². The number of hydrogen-bond donors (Lipinski definition) is 1. The molecular formula is C8H18IN. The standard InChI is InChI=1S/C8H18IN/c1-5-8(4,9)6-7(2,3)10/h5-6,10H2,1-4H3. The van der Waals surface area contributed by atoms with E-state index in [0.29, 0.717) is 3.42 Å². The van der Waals surface area contributed by atoms with E-state index in [1.807, 2.05) is 0 Å². The van der Waals surface area contributed by atoms with Gasteiger partial charge in [-0.05, 0) is 26.7 Å². The van der Waals surface area contributed by atoms with Crippen LogP contribution in [-0.4, -0.2) is 8.96 Å². The van der Waals surface area contributed by atoms with E-state index in [1.165, 1.54) is 6.42 Å². The molecule has 1 unspecified atom stereocenters. The Morgan fingerprint density at radius 3 is 1.80 bits per heavy atom. The van der Waals surface area contributed by atoms with E-state index in [9.17, 15) is 0 Å². The lowest BCUT2D eigenvalue weighted by atomic mass is 9.91. The summed E-state index contributed by atoms with van der Waals surface area (Å²) in [5, 5.41) is 0. The normalized spacial score (nSPS) is 18.6. The molecule has 0 aliphatic rings. The molecule has 0 aliphatic carbocycles. The summed E-state index contributed by atoms with van der Waals surface area (Å²) in [7, 11) is 0. The van der Waals surface area contributed by atoms with Crippen molar-refractivity contribution in [2.75, 3.05) is 0 Å². The van der Waals surface area contributed by atoms with Crippen LogP contribution in [0.15, 0.2) is 0 Å². The number of nitrogens with two attached hydrogens (primary N) is 1. The van der Waals surface area contributed by atoms with Crippen LogP contribution in [0.5, 0.6) is 0 Å². The van der Waals surface area contributed by atoms with Gasteiger partial charge in [-0.1, -0.05) is 36.4 Å². The lowest BCUT2D eigenvalue weighted by Gasteiger charge is -2.29. The Bertz CT molecular complexity index is 102. The number of alkyl halides is 1. The first-order valence-corrected chi connectivity index (χ1v) is 4.82. The molecular weight excluding hydrogens is 237 g/mol. The maximum atomic E-state index is 5.89. The molecule has 0 aliphatic heterocycles. The fourth-order valence-corrected chi connectivity index (χ4v) is 2.06. The number of hydrogen-bond acceptors (Lipinski definition) is 1. The van der Waals surface area contributed by atoms with Gasteiger partial charge in [0.1, 0.15) is 0 Å². The zero-order valence-electron chi connectivity index (χ0n) is 7.37. The average molecular weight is 255 g/mol. The smallest absolute Gasteiger partial charge is 0.0208 e. The van der Waals surface area contributed by atoms with Crippen LogP contribution in [0.4, 0.5) is 0 Å². The molecule has 0 saturated heterocycles. The first-order valence-electron chi connectivity index (χ1n) is 3.75. The maximum absolute atomic E-state index is 5.89. The lowest BCUT2D eigenvalue weighted by molar-refractivity contribution is 0.414. The fourth-order valence-electron chi connectivity index (χ4n) is 1.07. The summed E-state index contributed by atoms with van der Waals surface area (Å²) in [6.07, 6.45) is 2.27. The van der Waals surface area contributed by atoms with Gasteiger partial charge in [0.2, 0.25) is 0 Å². The van der Waals surface area contributed by atoms with Gasteiger partial charge in [-0.2, -0.15) is 0 Å². The minimum absolute atomic E-state index is 0.0219. The fraction of sp³-hybridized carbons (Fsp3) is 1.00. The van der Waals surface area contributed by atoms with E-state index in [0.717, 1.165) is 6.42 Å². The topological polar surface area (TPSA) is 26.0 Å². The van der Waals surface area contributed by atoms with E-state index in [1.54, 1.807) is 0 Å². The van der Waals surface area contributed by atoms with Gasteiger partial charge in [0, 0.05) is 8.96 Å². The minimum Gasteiger partial charge on any atom is -0.326 e. The van der Waals surface area contributed by atoms with Crippen molar-refractivity contribution in [2.24, 2.45) is 5.73 Å². The summed E-state index contributed by atoms with van der Waals surface area (Å²) in [6.45, 7) is 8.62.